The smallest absolute Gasteiger partial charge is 0.251 e. The van der Waals surface area contributed by atoms with Gasteiger partial charge in [0.25, 0.3) is 5.91 Å². The third kappa shape index (κ3) is 7.11. The summed E-state index contributed by atoms with van der Waals surface area (Å²) in [6.45, 7) is 8.62. The highest BCUT2D eigenvalue weighted by Crippen LogP contribution is 2.27. The van der Waals surface area contributed by atoms with Gasteiger partial charge < -0.3 is 24.1 Å². The first-order valence-electron chi connectivity index (χ1n) is 13.5. The van der Waals surface area contributed by atoms with E-state index in [-0.39, 0.29) is 11.3 Å². The maximum absolute atomic E-state index is 12.6. The number of aryl methyl sites for hydroxylation is 2. The van der Waals surface area contributed by atoms with Gasteiger partial charge in [0.1, 0.15) is 11.6 Å². The third-order valence-electron chi connectivity index (χ3n) is 6.76. The van der Waals surface area contributed by atoms with Crippen molar-refractivity contribution in [3.8, 4) is 17.2 Å². The SMILES string of the molecule is COc1ccc(C(=O)NCCCc2nc3ccccc3n2CCCOc2ccc(C(C)(C)C)cc2)cc1OC. The molecular weight excluding hydrogens is 490 g/mol. The van der Waals surface area contributed by atoms with E-state index in [4.69, 9.17) is 19.2 Å². The molecule has 7 nitrogen and oxygen atoms in total. The van der Waals surface area contributed by atoms with Gasteiger partial charge in [-0.05, 0) is 66.3 Å². The van der Waals surface area contributed by atoms with Gasteiger partial charge in [0, 0.05) is 25.1 Å². The zero-order chi connectivity index (χ0) is 27.8. The first-order chi connectivity index (χ1) is 18.8. The van der Waals surface area contributed by atoms with Crippen LogP contribution in [-0.4, -0.2) is 42.8 Å². The van der Waals surface area contributed by atoms with Gasteiger partial charge in [-0.25, -0.2) is 4.98 Å². The van der Waals surface area contributed by atoms with Crippen molar-refractivity contribution in [3.63, 3.8) is 0 Å². The first kappa shape index (κ1) is 28.0. The van der Waals surface area contributed by atoms with E-state index < -0.39 is 0 Å². The molecular formula is C32H39N3O4. The van der Waals surface area contributed by atoms with Gasteiger partial charge in [-0.1, -0.05) is 45.0 Å². The molecule has 1 heterocycles. The summed E-state index contributed by atoms with van der Waals surface area (Å²) in [5.74, 6) is 2.90. The number of benzene rings is 3. The molecule has 0 radical (unpaired) electrons. The molecule has 3 aromatic carbocycles. The minimum atomic E-state index is -0.142. The molecule has 0 aliphatic carbocycles. The lowest BCUT2D eigenvalue weighted by Crippen LogP contribution is -2.25. The molecule has 0 aliphatic heterocycles. The highest BCUT2D eigenvalue weighted by molar-refractivity contribution is 5.94. The second kappa shape index (κ2) is 12.7. The molecule has 7 heteroatoms. The summed E-state index contributed by atoms with van der Waals surface area (Å²) >= 11 is 0. The topological polar surface area (TPSA) is 74.6 Å². The van der Waals surface area contributed by atoms with Crippen LogP contribution in [0.5, 0.6) is 17.2 Å². The number of hydrogen-bond donors (Lipinski definition) is 1. The molecule has 0 unspecified atom stereocenters. The first-order valence-corrected chi connectivity index (χ1v) is 13.5. The minimum absolute atomic E-state index is 0.128. The number of nitrogens with zero attached hydrogens (tertiary/aromatic N) is 2. The van der Waals surface area contributed by atoms with Crippen LogP contribution in [0.25, 0.3) is 11.0 Å². The molecule has 0 saturated carbocycles. The largest absolute Gasteiger partial charge is 0.494 e. The van der Waals surface area contributed by atoms with Crippen molar-refractivity contribution >= 4 is 16.9 Å². The number of ether oxygens (including phenoxy) is 3. The maximum atomic E-state index is 12.6. The van der Waals surface area contributed by atoms with E-state index in [1.807, 2.05) is 18.2 Å². The monoisotopic (exact) mass is 529 g/mol. The summed E-state index contributed by atoms with van der Waals surface area (Å²) in [5, 5.41) is 3.00. The molecule has 0 saturated heterocycles. The van der Waals surface area contributed by atoms with Gasteiger partial charge in [-0.3, -0.25) is 4.79 Å². The van der Waals surface area contributed by atoms with Crippen molar-refractivity contribution in [2.75, 3.05) is 27.4 Å². The van der Waals surface area contributed by atoms with Crippen molar-refractivity contribution < 1.29 is 19.0 Å². The Morgan fingerprint density at radius 3 is 2.38 bits per heavy atom. The van der Waals surface area contributed by atoms with Gasteiger partial charge in [0.15, 0.2) is 11.5 Å². The zero-order valence-corrected chi connectivity index (χ0v) is 23.6. The number of nitrogens with one attached hydrogen (secondary N) is 1. The van der Waals surface area contributed by atoms with Crippen LogP contribution in [0.4, 0.5) is 0 Å². The molecule has 0 aliphatic rings. The summed E-state index contributed by atoms with van der Waals surface area (Å²) < 4.78 is 18.9. The van der Waals surface area contributed by atoms with Crippen LogP contribution in [0.15, 0.2) is 66.7 Å². The van der Waals surface area contributed by atoms with Crippen LogP contribution in [0.3, 0.4) is 0 Å². The van der Waals surface area contributed by atoms with E-state index in [2.05, 4.69) is 61.0 Å². The normalized spacial score (nSPS) is 11.4. The van der Waals surface area contributed by atoms with Crippen molar-refractivity contribution in [1.29, 1.82) is 0 Å². The Labute approximate surface area is 231 Å². The zero-order valence-electron chi connectivity index (χ0n) is 23.6. The summed E-state index contributed by atoms with van der Waals surface area (Å²) in [6, 6.07) is 21.7. The van der Waals surface area contributed by atoms with E-state index in [1.165, 1.54) is 5.56 Å². The average molecular weight is 530 g/mol. The molecule has 4 aromatic rings. The fraction of sp³-hybridized carbons (Fsp3) is 0.375. The van der Waals surface area contributed by atoms with Crippen LogP contribution in [0, 0.1) is 0 Å². The second-order valence-electron chi connectivity index (χ2n) is 10.6. The van der Waals surface area contributed by atoms with E-state index in [1.54, 1.807) is 32.4 Å². The lowest BCUT2D eigenvalue weighted by atomic mass is 9.87. The van der Waals surface area contributed by atoms with Crippen LogP contribution in [0.1, 0.15) is 55.4 Å². The summed E-state index contributed by atoms with van der Waals surface area (Å²) in [7, 11) is 3.13. The molecule has 1 amide bonds. The number of imidazole rings is 1. The van der Waals surface area contributed by atoms with Crippen LogP contribution in [-0.2, 0) is 18.4 Å². The fourth-order valence-corrected chi connectivity index (χ4v) is 4.56. The van der Waals surface area contributed by atoms with Gasteiger partial charge >= 0.3 is 0 Å². The van der Waals surface area contributed by atoms with E-state index in [0.717, 1.165) is 48.4 Å². The van der Waals surface area contributed by atoms with Crippen LogP contribution >= 0.6 is 0 Å². The Morgan fingerprint density at radius 1 is 0.923 bits per heavy atom. The number of rotatable bonds is 12. The minimum Gasteiger partial charge on any atom is -0.494 e. The summed E-state index contributed by atoms with van der Waals surface area (Å²) in [6.07, 6.45) is 2.40. The van der Waals surface area contributed by atoms with E-state index in [9.17, 15) is 4.79 Å². The number of hydrogen-bond acceptors (Lipinski definition) is 5. The number of amides is 1. The van der Waals surface area contributed by atoms with Gasteiger partial charge in [0.05, 0.1) is 31.9 Å². The molecule has 1 aromatic heterocycles. The highest BCUT2D eigenvalue weighted by Gasteiger charge is 2.14. The lowest BCUT2D eigenvalue weighted by molar-refractivity contribution is 0.0952. The number of carbonyl (C=O) groups excluding carboxylic acids is 1. The fourth-order valence-electron chi connectivity index (χ4n) is 4.56. The molecule has 0 spiro atoms. The molecule has 0 fully saturated rings. The third-order valence-corrected chi connectivity index (χ3v) is 6.76. The van der Waals surface area contributed by atoms with Gasteiger partial charge in [0.2, 0.25) is 0 Å². The van der Waals surface area contributed by atoms with Gasteiger partial charge in [-0.2, -0.15) is 0 Å². The Kier molecular flexibility index (Phi) is 9.12. The molecule has 4 rings (SSSR count). The molecule has 206 valence electrons. The van der Waals surface area contributed by atoms with Crippen molar-refractivity contribution in [2.24, 2.45) is 0 Å². The summed E-state index contributed by atoms with van der Waals surface area (Å²) in [4.78, 5) is 17.5. The molecule has 0 atom stereocenters. The Bertz CT molecular complexity index is 1390. The Morgan fingerprint density at radius 2 is 1.67 bits per heavy atom. The van der Waals surface area contributed by atoms with Crippen LogP contribution in [0.2, 0.25) is 0 Å². The Balaban J connectivity index is 1.31. The lowest BCUT2D eigenvalue weighted by Gasteiger charge is -2.19. The molecule has 39 heavy (non-hydrogen) atoms. The quantitative estimate of drug-likeness (QED) is 0.222. The van der Waals surface area contributed by atoms with Crippen molar-refractivity contribution in [3.05, 3.63) is 83.7 Å². The number of methoxy groups -OCH3 is 2. The standard InChI is InChI=1S/C32H39N3O4/c1-32(2,3)24-14-16-25(17-15-24)39-21-9-20-35-27-11-7-6-10-26(27)34-30(35)12-8-19-33-31(36)23-13-18-28(37-4)29(22-23)38-5/h6-7,10-11,13-18,22H,8-9,12,19-21H2,1-5H3,(H,33,36). The second-order valence-corrected chi connectivity index (χ2v) is 10.6. The molecule has 1 N–H and O–H groups in total. The summed E-state index contributed by atoms with van der Waals surface area (Å²) in [5.41, 5.74) is 4.07. The van der Waals surface area contributed by atoms with E-state index >= 15 is 0 Å². The Hall–Kier alpha value is -4.00. The maximum Gasteiger partial charge on any atom is 0.251 e. The predicted octanol–water partition coefficient (Wildman–Crippen LogP) is 6.18. The number of aromatic nitrogens is 2. The molecule has 0 bridgehead atoms. The van der Waals surface area contributed by atoms with Crippen molar-refractivity contribution in [2.45, 2.75) is 52.0 Å². The number of carbonyl (C=O) groups is 1. The van der Waals surface area contributed by atoms with Crippen LogP contribution < -0.4 is 19.5 Å². The van der Waals surface area contributed by atoms with E-state index in [0.29, 0.717) is 30.2 Å². The van der Waals surface area contributed by atoms with Crippen molar-refractivity contribution in [1.82, 2.24) is 14.9 Å². The van der Waals surface area contributed by atoms with Gasteiger partial charge in [-0.15, -0.1) is 0 Å². The highest BCUT2D eigenvalue weighted by atomic mass is 16.5. The average Bonchev–Trinajstić information content (AvgIpc) is 3.29. The number of fused-ring (bicyclic) bond motifs is 1. The number of para-hydroxylation sites is 2. The predicted molar refractivity (Wildman–Crippen MR) is 155 cm³/mol.